The fourth-order valence-corrected chi connectivity index (χ4v) is 6.27. The molecule has 1 N–H and O–H groups in total. The third-order valence-corrected chi connectivity index (χ3v) is 8.33. The first-order chi connectivity index (χ1) is 17.1. The van der Waals surface area contributed by atoms with E-state index >= 15 is 0 Å². The number of carbonyl (C=O) groups is 1. The molecule has 3 atom stereocenters. The normalized spacial score (nSPS) is 26.8. The Kier molecular flexibility index (Phi) is 7.14. The van der Waals surface area contributed by atoms with Crippen LogP contribution >= 0.6 is 0 Å². The molecule has 5 heteroatoms. The summed E-state index contributed by atoms with van der Waals surface area (Å²) in [4.78, 5) is 15.6. The summed E-state index contributed by atoms with van der Waals surface area (Å²) in [6.45, 7) is 3.57. The number of hydrogen-bond acceptors (Lipinski definition) is 4. The molecule has 35 heavy (non-hydrogen) atoms. The molecule has 2 aliphatic carbocycles. The van der Waals surface area contributed by atoms with E-state index in [0.29, 0.717) is 5.92 Å². The average Bonchev–Trinajstić information content (AvgIpc) is 3.71. The number of piperidine rings is 1. The van der Waals surface area contributed by atoms with Crippen LogP contribution in [-0.4, -0.2) is 50.7 Å². The number of likely N-dealkylation sites (tertiary alicyclic amines) is 1. The van der Waals surface area contributed by atoms with Crippen LogP contribution in [0.1, 0.15) is 49.7 Å². The molecule has 5 rings (SSSR count). The fourth-order valence-electron chi connectivity index (χ4n) is 6.27. The molecule has 0 bridgehead atoms. The minimum absolute atomic E-state index is 0.0248. The number of fused-ring (bicyclic) bond motifs is 1. The number of benzene rings is 2. The van der Waals surface area contributed by atoms with Crippen LogP contribution in [0.3, 0.4) is 0 Å². The van der Waals surface area contributed by atoms with Gasteiger partial charge in [-0.25, -0.2) is 0 Å². The second kappa shape index (κ2) is 10.4. The van der Waals surface area contributed by atoms with Crippen molar-refractivity contribution in [3.8, 4) is 11.5 Å². The lowest BCUT2D eigenvalue weighted by atomic mass is 9.58. The van der Waals surface area contributed by atoms with Gasteiger partial charge in [0.25, 0.3) is 0 Å². The van der Waals surface area contributed by atoms with Crippen LogP contribution in [0, 0.1) is 11.8 Å². The van der Waals surface area contributed by atoms with Crippen molar-refractivity contribution in [2.75, 3.05) is 33.9 Å². The minimum atomic E-state index is -0.0248. The SMILES string of the molecule is COc1cccc(C=CC(=O)N[C@H]2CC[C@@H]3CN(CC4CC4)CC[C@@]3(c3cccc(OC)c3)C2)c1. The minimum Gasteiger partial charge on any atom is -0.497 e. The molecule has 1 saturated heterocycles. The van der Waals surface area contributed by atoms with Crippen molar-refractivity contribution in [1.29, 1.82) is 0 Å². The van der Waals surface area contributed by atoms with Crippen molar-refractivity contribution < 1.29 is 14.3 Å². The van der Waals surface area contributed by atoms with Crippen LogP contribution in [-0.2, 0) is 10.2 Å². The summed E-state index contributed by atoms with van der Waals surface area (Å²) in [6, 6.07) is 16.6. The number of hydrogen-bond donors (Lipinski definition) is 1. The van der Waals surface area contributed by atoms with Gasteiger partial charge in [-0.15, -0.1) is 0 Å². The molecule has 2 aromatic carbocycles. The number of nitrogens with zero attached hydrogens (tertiary/aromatic N) is 1. The third-order valence-electron chi connectivity index (χ3n) is 8.33. The summed E-state index contributed by atoms with van der Waals surface area (Å²) in [5.74, 6) is 3.22. The lowest BCUT2D eigenvalue weighted by Crippen LogP contribution is -2.56. The van der Waals surface area contributed by atoms with Gasteiger partial charge in [-0.05, 0) is 98.4 Å². The summed E-state index contributed by atoms with van der Waals surface area (Å²) < 4.78 is 10.9. The molecule has 0 unspecified atom stereocenters. The predicted octanol–water partition coefficient (Wildman–Crippen LogP) is 5.06. The number of methoxy groups -OCH3 is 2. The molecule has 0 radical (unpaired) electrons. The average molecular weight is 475 g/mol. The van der Waals surface area contributed by atoms with Crippen LogP contribution in [0.5, 0.6) is 11.5 Å². The van der Waals surface area contributed by atoms with Crippen LogP contribution < -0.4 is 14.8 Å². The highest BCUT2D eigenvalue weighted by molar-refractivity contribution is 5.92. The van der Waals surface area contributed by atoms with Gasteiger partial charge in [0.1, 0.15) is 11.5 Å². The van der Waals surface area contributed by atoms with E-state index in [2.05, 4.69) is 28.4 Å². The molecule has 186 valence electrons. The van der Waals surface area contributed by atoms with Gasteiger partial charge in [-0.3, -0.25) is 4.79 Å². The van der Waals surface area contributed by atoms with Gasteiger partial charge in [0.05, 0.1) is 14.2 Å². The lowest BCUT2D eigenvalue weighted by Gasteiger charge is -2.53. The van der Waals surface area contributed by atoms with Gasteiger partial charge in [0, 0.05) is 30.6 Å². The van der Waals surface area contributed by atoms with E-state index in [-0.39, 0.29) is 17.4 Å². The Labute approximate surface area is 209 Å². The highest BCUT2D eigenvalue weighted by Gasteiger charge is 2.48. The zero-order valence-corrected chi connectivity index (χ0v) is 21.0. The third kappa shape index (κ3) is 5.56. The topological polar surface area (TPSA) is 50.8 Å². The lowest BCUT2D eigenvalue weighted by molar-refractivity contribution is -0.117. The van der Waals surface area contributed by atoms with E-state index in [9.17, 15) is 4.79 Å². The number of rotatable bonds is 8. The highest BCUT2D eigenvalue weighted by Crippen LogP contribution is 2.50. The molecule has 1 heterocycles. The Balaban J connectivity index is 1.31. The largest absolute Gasteiger partial charge is 0.497 e. The van der Waals surface area contributed by atoms with E-state index in [1.54, 1.807) is 20.3 Å². The maximum absolute atomic E-state index is 12.9. The van der Waals surface area contributed by atoms with E-state index < -0.39 is 0 Å². The summed E-state index contributed by atoms with van der Waals surface area (Å²) in [6.07, 6.45) is 10.6. The molecular weight excluding hydrogens is 436 g/mol. The molecule has 3 fully saturated rings. The zero-order valence-electron chi connectivity index (χ0n) is 21.0. The number of amides is 1. The van der Waals surface area contributed by atoms with Crippen molar-refractivity contribution in [2.45, 2.75) is 50.0 Å². The number of ether oxygens (including phenoxy) is 2. The molecule has 5 nitrogen and oxygen atoms in total. The zero-order chi connectivity index (χ0) is 24.3. The first kappa shape index (κ1) is 23.9. The van der Waals surface area contributed by atoms with Gasteiger partial charge in [-0.2, -0.15) is 0 Å². The van der Waals surface area contributed by atoms with Gasteiger partial charge in [-0.1, -0.05) is 24.3 Å². The quantitative estimate of drug-likeness (QED) is 0.544. The van der Waals surface area contributed by atoms with Crippen molar-refractivity contribution in [3.63, 3.8) is 0 Å². The summed E-state index contributed by atoms with van der Waals surface area (Å²) in [5.41, 5.74) is 2.42. The summed E-state index contributed by atoms with van der Waals surface area (Å²) in [7, 11) is 3.39. The first-order valence-electron chi connectivity index (χ1n) is 13.1. The molecule has 3 aliphatic rings. The van der Waals surface area contributed by atoms with Crippen LogP contribution in [0.2, 0.25) is 0 Å². The van der Waals surface area contributed by atoms with Crippen LogP contribution in [0.15, 0.2) is 54.6 Å². The van der Waals surface area contributed by atoms with Gasteiger partial charge in [0.2, 0.25) is 5.91 Å². The van der Waals surface area contributed by atoms with Crippen LogP contribution in [0.4, 0.5) is 0 Å². The van der Waals surface area contributed by atoms with E-state index in [0.717, 1.165) is 55.2 Å². The second-order valence-electron chi connectivity index (χ2n) is 10.6. The maximum Gasteiger partial charge on any atom is 0.244 e. The number of carbonyl (C=O) groups excluding carboxylic acids is 1. The van der Waals surface area contributed by atoms with Crippen molar-refractivity contribution in [1.82, 2.24) is 10.2 Å². The second-order valence-corrected chi connectivity index (χ2v) is 10.6. The molecular formula is C30H38N2O3. The Bertz CT molecular complexity index is 1060. The molecule has 1 aliphatic heterocycles. The number of nitrogens with one attached hydrogen (secondary N) is 1. The smallest absolute Gasteiger partial charge is 0.244 e. The first-order valence-corrected chi connectivity index (χ1v) is 13.1. The van der Waals surface area contributed by atoms with E-state index in [1.807, 2.05) is 36.4 Å². The monoisotopic (exact) mass is 474 g/mol. The van der Waals surface area contributed by atoms with Crippen molar-refractivity contribution in [2.24, 2.45) is 11.8 Å². The standard InChI is InChI=1S/C30H38N2O3/c1-34-27-7-3-5-22(17-27)11-14-29(33)31-26-13-12-25-21-32(20-23-9-10-23)16-15-30(25,19-26)24-6-4-8-28(18-24)35-2/h3-8,11,14,17-18,23,25-26H,9-10,12-13,15-16,19-21H2,1-2H3,(H,31,33)/t25-,26+,30+/m1/s1. The molecule has 2 saturated carbocycles. The van der Waals surface area contributed by atoms with Gasteiger partial charge < -0.3 is 19.7 Å². The van der Waals surface area contributed by atoms with E-state index in [1.165, 1.54) is 31.5 Å². The van der Waals surface area contributed by atoms with E-state index in [4.69, 9.17) is 9.47 Å². The molecule has 2 aromatic rings. The van der Waals surface area contributed by atoms with Crippen LogP contribution in [0.25, 0.3) is 6.08 Å². The van der Waals surface area contributed by atoms with Crippen molar-refractivity contribution >= 4 is 12.0 Å². The molecule has 1 amide bonds. The van der Waals surface area contributed by atoms with Crippen molar-refractivity contribution in [3.05, 3.63) is 65.7 Å². The Hall–Kier alpha value is -2.79. The summed E-state index contributed by atoms with van der Waals surface area (Å²) >= 11 is 0. The Morgan fingerprint density at radius 2 is 1.83 bits per heavy atom. The van der Waals surface area contributed by atoms with Gasteiger partial charge in [0.15, 0.2) is 0 Å². The molecule has 0 aromatic heterocycles. The Morgan fingerprint density at radius 3 is 2.60 bits per heavy atom. The fraction of sp³-hybridized carbons (Fsp3) is 0.500. The van der Waals surface area contributed by atoms with Gasteiger partial charge >= 0.3 is 0 Å². The predicted molar refractivity (Wildman–Crippen MR) is 140 cm³/mol. The summed E-state index contributed by atoms with van der Waals surface area (Å²) in [5, 5.41) is 3.33. The molecule has 0 spiro atoms. The Morgan fingerprint density at radius 1 is 1.06 bits per heavy atom. The maximum atomic E-state index is 12.9. The highest BCUT2D eigenvalue weighted by atomic mass is 16.5.